The molecule has 0 radical (unpaired) electrons. The van der Waals surface area contributed by atoms with Crippen LogP contribution in [0.1, 0.15) is 19.8 Å². The van der Waals surface area contributed by atoms with Gasteiger partial charge < -0.3 is 14.9 Å². The van der Waals surface area contributed by atoms with Crippen LogP contribution in [0.25, 0.3) is 0 Å². The van der Waals surface area contributed by atoms with Crippen LogP contribution in [-0.2, 0) is 4.79 Å². The molecule has 0 aromatic rings. The van der Waals surface area contributed by atoms with Crippen LogP contribution >= 0.6 is 0 Å². The van der Waals surface area contributed by atoms with Crippen LogP contribution in [-0.4, -0.2) is 53.1 Å². The molecule has 1 N–H and O–H groups in total. The Kier molecular flexibility index (Phi) is 3.33. The van der Waals surface area contributed by atoms with Crippen LogP contribution in [0.2, 0.25) is 0 Å². The van der Waals surface area contributed by atoms with Crippen LogP contribution in [0.3, 0.4) is 0 Å². The number of carbonyl (C=O) groups is 2. The summed E-state index contributed by atoms with van der Waals surface area (Å²) in [5.74, 6) is -0.861. The zero-order valence-electron chi connectivity index (χ0n) is 8.56. The molecular formula is C9H16N2O3. The van der Waals surface area contributed by atoms with Gasteiger partial charge in [-0.3, -0.25) is 4.79 Å². The third kappa shape index (κ3) is 2.16. The van der Waals surface area contributed by atoms with Crippen molar-refractivity contribution >= 4 is 12.0 Å². The first-order valence-corrected chi connectivity index (χ1v) is 4.79. The van der Waals surface area contributed by atoms with E-state index in [-0.39, 0.29) is 18.5 Å². The van der Waals surface area contributed by atoms with Crippen molar-refractivity contribution in [1.82, 2.24) is 9.80 Å². The van der Waals surface area contributed by atoms with Gasteiger partial charge in [-0.2, -0.15) is 0 Å². The van der Waals surface area contributed by atoms with Gasteiger partial charge in [-0.15, -0.1) is 0 Å². The van der Waals surface area contributed by atoms with Crippen LogP contribution in [0.15, 0.2) is 0 Å². The molecule has 0 aliphatic carbocycles. The van der Waals surface area contributed by atoms with Crippen LogP contribution in [0, 0.1) is 0 Å². The van der Waals surface area contributed by atoms with Gasteiger partial charge in [0.05, 0.1) is 12.5 Å². The highest BCUT2D eigenvalue weighted by Gasteiger charge is 2.32. The second-order valence-corrected chi connectivity index (χ2v) is 3.55. The van der Waals surface area contributed by atoms with Gasteiger partial charge in [0.2, 0.25) is 0 Å². The largest absolute Gasteiger partial charge is 0.481 e. The molecule has 5 nitrogen and oxygen atoms in total. The summed E-state index contributed by atoms with van der Waals surface area (Å²) >= 11 is 0. The summed E-state index contributed by atoms with van der Waals surface area (Å²) < 4.78 is 0. The molecule has 1 aliphatic rings. The highest BCUT2D eigenvalue weighted by atomic mass is 16.4. The monoisotopic (exact) mass is 200 g/mol. The summed E-state index contributed by atoms with van der Waals surface area (Å²) in [5.41, 5.74) is 0. The molecule has 80 valence electrons. The second-order valence-electron chi connectivity index (χ2n) is 3.55. The molecule has 1 saturated heterocycles. The van der Waals surface area contributed by atoms with E-state index in [2.05, 4.69) is 0 Å². The Morgan fingerprint density at radius 1 is 1.64 bits per heavy atom. The summed E-state index contributed by atoms with van der Waals surface area (Å²) in [5, 5.41) is 8.50. The van der Waals surface area contributed by atoms with Crippen molar-refractivity contribution in [1.29, 1.82) is 0 Å². The number of hydrogen-bond acceptors (Lipinski definition) is 2. The Balaban J connectivity index is 2.48. The average Bonchev–Trinajstić information content (AvgIpc) is 2.41. The minimum absolute atomic E-state index is 0.0238. The lowest BCUT2D eigenvalue weighted by atomic mass is 10.2. The van der Waals surface area contributed by atoms with Gasteiger partial charge in [-0.25, -0.2) is 4.79 Å². The van der Waals surface area contributed by atoms with E-state index < -0.39 is 5.97 Å². The Morgan fingerprint density at radius 2 is 2.29 bits per heavy atom. The van der Waals surface area contributed by atoms with E-state index in [0.29, 0.717) is 13.1 Å². The number of rotatable bonds is 4. The quantitative estimate of drug-likeness (QED) is 0.723. The third-order valence-electron chi connectivity index (χ3n) is 2.62. The summed E-state index contributed by atoms with van der Waals surface area (Å²) in [4.78, 5) is 25.2. The zero-order valence-corrected chi connectivity index (χ0v) is 8.56. The van der Waals surface area contributed by atoms with Gasteiger partial charge in [0, 0.05) is 20.1 Å². The third-order valence-corrected chi connectivity index (χ3v) is 2.62. The summed E-state index contributed by atoms with van der Waals surface area (Å²) in [6, 6.07) is 0.175. The summed E-state index contributed by atoms with van der Waals surface area (Å²) in [6.07, 6.45) is 0.932. The maximum Gasteiger partial charge on any atom is 0.320 e. The lowest BCUT2D eigenvalue weighted by molar-refractivity contribution is -0.137. The average molecular weight is 200 g/mol. The number of carboxylic acid groups (broad SMARTS) is 1. The minimum Gasteiger partial charge on any atom is -0.481 e. The van der Waals surface area contributed by atoms with Crippen molar-refractivity contribution in [3.63, 3.8) is 0 Å². The van der Waals surface area contributed by atoms with Crippen molar-refractivity contribution in [3.05, 3.63) is 0 Å². The molecule has 1 fully saturated rings. The number of amides is 2. The predicted molar refractivity (Wildman–Crippen MR) is 51.1 cm³/mol. The molecule has 0 aromatic heterocycles. The van der Waals surface area contributed by atoms with Crippen molar-refractivity contribution in [2.75, 3.05) is 20.1 Å². The maximum absolute atomic E-state index is 11.5. The highest BCUT2D eigenvalue weighted by molar-refractivity contribution is 5.77. The van der Waals surface area contributed by atoms with E-state index >= 15 is 0 Å². The molecule has 0 spiro atoms. The number of aliphatic carboxylic acids is 1. The van der Waals surface area contributed by atoms with Gasteiger partial charge in [-0.1, -0.05) is 6.92 Å². The Labute approximate surface area is 83.3 Å². The van der Waals surface area contributed by atoms with Crippen molar-refractivity contribution in [2.24, 2.45) is 0 Å². The number of hydrogen-bond donors (Lipinski definition) is 1. The van der Waals surface area contributed by atoms with Crippen LogP contribution < -0.4 is 0 Å². The molecule has 1 aliphatic heterocycles. The summed E-state index contributed by atoms with van der Waals surface area (Å²) in [6.45, 7) is 2.99. The fourth-order valence-corrected chi connectivity index (χ4v) is 1.65. The normalized spacial score (nSPS) is 21.9. The first-order chi connectivity index (χ1) is 6.56. The topological polar surface area (TPSA) is 60.9 Å². The van der Waals surface area contributed by atoms with E-state index in [1.807, 2.05) is 6.92 Å². The molecule has 1 heterocycles. The van der Waals surface area contributed by atoms with Gasteiger partial charge in [0.1, 0.15) is 0 Å². The van der Waals surface area contributed by atoms with E-state index in [1.165, 1.54) is 0 Å². The number of urea groups is 1. The fraction of sp³-hybridized carbons (Fsp3) is 0.778. The fourth-order valence-electron chi connectivity index (χ4n) is 1.65. The first-order valence-electron chi connectivity index (χ1n) is 4.79. The van der Waals surface area contributed by atoms with E-state index in [0.717, 1.165) is 6.42 Å². The van der Waals surface area contributed by atoms with E-state index in [4.69, 9.17) is 5.11 Å². The molecule has 0 bridgehead atoms. The lowest BCUT2D eigenvalue weighted by Gasteiger charge is -2.15. The summed E-state index contributed by atoms with van der Waals surface area (Å²) in [7, 11) is 1.76. The van der Waals surface area contributed by atoms with Gasteiger partial charge in [-0.05, 0) is 6.42 Å². The van der Waals surface area contributed by atoms with Gasteiger partial charge in [0.25, 0.3) is 0 Å². The number of carbonyl (C=O) groups excluding carboxylic acids is 1. The smallest absolute Gasteiger partial charge is 0.320 e. The highest BCUT2D eigenvalue weighted by Crippen LogP contribution is 2.16. The first kappa shape index (κ1) is 10.8. The Morgan fingerprint density at radius 3 is 2.71 bits per heavy atom. The van der Waals surface area contributed by atoms with Crippen LogP contribution in [0.4, 0.5) is 4.79 Å². The Hall–Kier alpha value is -1.26. The SMILES string of the molecule is CCC1CN(CCC(=O)O)C(=O)N1C. The zero-order chi connectivity index (χ0) is 10.7. The number of carboxylic acids is 1. The second kappa shape index (κ2) is 4.30. The lowest BCUT2D eigenvalue weighted by Crippen LogP contribution is -2.32. The molecule has 1 rings (SSSR count). The number of likely N-dealkylation sites (N-methyl/N-ethyl adjacent to an activating group) is 1. The van der Waals surface area contributed by atoms with E-state index in [1.54, 1.807) is 16.8 Å². The predicted octanol–water partition coefficient (Wildman–Crippen LogP) is 0.607. The van der Waals surface area contributed by atoms with Gasteiger partial charge >= 0.3 is 12.0 Å². The maximum atomic E-state index is 11.5. The molecule has 1 unspecified atom stereocenters. The number of nitrogens with zero attached hydrogens (tertiary/aromatic N) is 2. The molecule has 2 amide bonds. The Bertz CT molecular complexity index is 242. The van der Waals surface area contributed by atoms with Crippen molar-refractivity contribution < 1.29 is 14.7 Å². The van der Waals surface area contributed by atoms with Crippen molar-refractivity contribution in [2.45, 2.75) is 25.8 Å². The minimum atomic E-state index is -0.861. The molecule has 0 saturated carbocycles. The molecule has 1 atom stereocenters. The molecule has 5 heteroatoms. The van der Waals surface area contributed by atoms with Gasteiger partial charge in [0.15, 0.2) is 0 Å². The molecule has 0 aromatic carbocycles. The van der Waals surface area contributed by atoms with Crippen LogP contribution in [0.5, 0.6) is 0 Å². The standard InChI is InChI=1S/C9H16N2O3/c1-3-7-6-11(5-4-8(12)13)9(14)10(7)2/h7H,3-6H2,1-2H3,(H,12,13). The van der Waals surface area contributed by atoms with Crippen molar-refractivity contribution in [3.8, 4) is 0 Å². The molecule has 14 heavy (non-hydrogen) atoms. The molecular weight excluding hydrogens is 184 g/mol. The van der Waals surface area contributed by atoms with E-state index in [9.17, 15) is 9.59 Å².